The molecule has 4 nitrogen and oxygen atoms in total. The standard InChI is InChI=1S/C10H11ClO4/c11-7-5-8-10(15-4-3-14-8)6(1-2-12)9(7)13/h5,12-13H,1-4H2. The van der Waals surface area contributed by atoms with Gasteiger partial charge in [0.2, 0.25) is 0 Å². The van der Waals surface area contributed by atoms with E-state index in [4.69, 9.17) is 26.2 Å². The van der Waals surface area contributed by atoms with Gasteiger partial charge in [-0.2, -0.15) is 0 Å². The first-order valence-corrected chi connectivity index (χ1v) is 5.02. The molecule has 0 aliphatic carbocycles. The summed E-state index contributed by atoms with van der Waals surface area (Å²) in [5.74, 6) is 0.958. The van der Waals surface area contributed by atoms with Crippen LogP contribution in [0.25, 0.3) is 0 Å². The lowest BCUT2D eigenvalue weighted by molar-refractivity contribution is 0.168. The predicted octanol–water partition coefficient (Wildman–Crippen LogP) is 1.35. The summed E-state index contributed by atoms with van der Waals surface area (Å²) in [6.45, 7) is 0.822. The van der Waals surface area contributed by atoms with Crippen molar-refractivity contribution in [3.8, 4) is 17.2 Å². The summed E-state index contributed by atoms with van der Waals surface area (Å²) in [5.41, 5.74) is 0.500. The van der Waals surface area contributed by atoms with Crippen LogP contribution in [0, 0.1) is 0 Å². The SMILES string of the molecule is OCCc1c(O)c(Cl)cc2c1OCCO2. The van der Waals surface area contributed by atoms with Crippen LogP contribution in [-0.2, 0) is 6.42 Å². The molecular formula is C10H11ClO4. The van der Waals surface area contributed by atoms with Crippen LogP contribution in [0.2, 0.25) is 5.02 Å². The predicted molar refractivity (Wildman–Crippen MR) is 54.9 cm³/mol. The van der Waals surface area contributed by atoms with Crippen molar-refractivity contribution in [3.05, 3.63) is 16.7 Å². The number of fused-ring (bicyclic) bond motifs is 1. The second kappa shape index (κ2) is 4.16. The molecule has 2 N–H and O–H groups in total. The maximum absolute atomic E-state index is 9.71. The van der Waals surface area contributed by atoms with Crippen molar-refractivity contribution in [2.75, 3.05) is 19.8 Å². The van der Waals surface area contributed by atoms with E-state index in [2.05, 4.69) is 0 Å². The molecule has 15 heavy (non-hydrogen) atoms. The minimum Gasteiger partial charge on any atom is -0.506 e. The molecule has 1 aliphatic heterocycles. The molecule has 1 heterocycles. The number of aliphatic hydroxyl groups excluding tert-OH is 1. The molecule has 1 aromatic rings. The van der Waals surface area contributed by atoms with Crippen LogP contribution in [0.15, 0.2) is 6.07 Å². The molecule has 0 fully saturated rings. The summed E-state index contributed by atoms with van der Waals surface area (Å²) in [6.07, 6.45) is 0.290. The van der Waals surface area contributed by atoms with Gasteiger partial charge in [-0.1, -0.05) is 11.6 Å². The molecular weight excluding hydrogens is 220 g/mol. The van der Waals surface area contributed by atoms with E-state index in [0.29, 0.717) is 30.3 Å². The minimum absolute atomic E-state index is 0.0463. The molecule has 82 valence electrons. The summed E-state index contributed by atoms with van der Waals surface area (Å²) in [6, 6.07) is 1.52. The number of aromatic hydroxyl groups is 1. The second-order valence-electron chi connectivity index (χ2n) is 3.18. The normalized spacial score (nSPS) is 14.0. The van der Waals surface area contributed by atoms with E-state index >= 15 is 0 Å². The lowest BCUT2D eigenvalue weighted by Crippen LogP contribution is -2.17. The zero-order valence-corrected chi connectivity index (χ0v) is 8.75. The third kappa shape index (κ3) is 1.82. The Kier molecular flexibility index (Phi) is 2.88. The van der Waals surface area contributed by atoms with Crippen LogP contribution in [0.3, 0.4) is 0 Å². The van der Waals surface area contributed by atoms with Crippen LogP contribution < -0.4 is 9.47 Å². The van der Waals surface area contributed by atoms with E-state index in [1.807, 2.05) is 0 Å². The molecule has 5 heteroatoms. The second-order valence-corrected chi connectivity index (χ2v) is 3.59. The van der Waals surface area contributed by atoms with E-state index in [1.165, 1.54) is 6.07 Å². The van der Waals surface area contributed by atoms with Crippen molar-refractivity contribution in [1.29, 1.82) is 0 Å². The highest BCUT2D eigenvalue weighted by molar-refractivity contribution is 6.32. The summed E-state index contributed by atoms with van der Waals surface area (Å²) in [5, 5.41) is 18.8. The number of ether oxygens (including phenoxy) is 2. The van der Waals surface area contributed by atoms with E-state index in [-0.39, 0.29) is 23.8 Å². The van der Waals surface area contributed by atoms with Crippen molar-refractivity contribution < 1.29 is 19.7 Å². The lowest BCUT2D eigenvalue weighted by atomic mass is 10.1. The number of benzene rings is 1. The average Bonchev–Trinajstić information content (AvgIpc) is 2.25. The fourth-order valence-corrected chi connectivity index (χ4v) is 1.77. The van der Waals surface area contributed by atoms with Gasteiger partial charge in [0.25, 0.3) is 0 Å². The van der Waals surface area contributed by atoms with Gasteiger partial charge in [0.1, 0.15) is 19.0 Å². The highest BCUT2D eigenvalue weighted by Gasteiger charge is 2.21. The quantitative estimate of drug-likeness (QED) is 0.805. The molecule has 1 aliphatic rings. The lowest BCUT2D eigenvalue weighted by Gasteiger charge is -2.22. The van der Waals surface area contributed by atoms with Crippen molar-refractivity contribution in [2.24, 2.45) is 0 Å². The first kappa shape index (κ1) is 10.4. The maximum atomic E-state index is 9.71. The monoisotopic (exact) mass is 230 g/mol. The van der Waals surface area contributed by atoms with Crippen LogP contribution >= 0.6 is 11.6 Å². The molecule has 2 rings (SSSR count). The van der Waals surface area contributed by atoms with Gasteiger partial charge in [0, 0.05) is 24.7 Å². The zero-order valence-electron chi connectivity index (χ0n) is 7.99. The van der Waals surface area contributed by atoms with Crippen LogP contribution in [0.5, 0.6) is 17.2 Å². The van der Waals surface area contributed by atoms with Gasteiger partial charge in [0.05, 0.1) is 5.02 Å². The largest absolute Gasteiger partial charge is 0.506 e. The Morgan fingerprint density at radius 1 is 1.33 bits per heavy atom. The third-order valence-corrected chi connectivity index (χ3v) is 2.50. The first-order valence-electron chi connectivity index (χ1n) is 4.65. The van der Waals surface area contributed by atoms with Crippen molar-refractivity contribution in [2.45, 2.75) is 6.42 Å². The number of halogens is 1. The Balaban J connectivity index is 2.52. The number of hydrogen-bond acceptors (Lipinski definition) is 4. The number of hydrogen-bond donors (Lipinski definition) is 2. The van der Waals surface area contributed by atoms with Gasteiger partial charge in [-0.25, -0.2) is 0 Å². The molecule has 0 atom stereocenters. The van der Waals surface area contributed by atoms with Gasteiger partial charge in [0.15, 0.2) is 11.5 Å². The Labute approximate surface area is 92.0 Å². The Hall–Kier alpha value is -1.13. The molecule has 0 saturated carbocycles. The molecule has 0 unspecified atom stereocenters. The van der Waals surface area contributed by atoms with Gasteiger partial charge >= 0.3 is 0 Å². The minimum atomic E-state index is -0.0797. The van der Waals surface area contributed by atoms with Crippen molar-refractivity contribution >= 4 is 11.6 Å². The van der Waals surface area contributed by atoms with Crippen LogP contribution in [0.1, 0.15) is 5.56 Å². The Morgan fingerprint density at radius 2 is 2.07 bits per heavy atom. The third-order valence-electron chi connectivity index (χ3n) is 2.22. The van der Waals surface area contributed by atoms with Crippen molar-refractivity contribution in [1.82, 2.24) is 0 Å². The fraction of sp³-hybridized carbons (Fsp3) is 0.400. The maximum Gasteiger partial charge on any atom is 0.168 e. The van der Waals surface area contributed by atoms with E-state index < -0.39 is 0 Å². The van der Waals surface area contributed by atoms with Gasteiger partial charge in [-0.3, -0.25) is 0 Å². The molecule has 0 radical (unpaired) electrons. The Bertz CT molecular complexity index is 378. The smallest absolute Gasteiger partial charge is 0.168 e. The highest BCUT2D eigenvalue weighted by Crippen LogP contribution is 2.43. The molecule has 0 amide bonds. The zero-order chi connectivity index (χ0) is 10.8. The number of aliphatic hydroxyl groups is 1. The summed E-state index contributed by atoms with van der Waals surface area (Å²) in [7, 11) is 0. The van der Waals surface area contributed by atoms with Crippen molar-refractivity contribution in [3.63, 3.8) is 0 Å². The molecule has 0 saturated heterocycles. The number of rotatable bonds is 2. The van der Waals surface area contributed by atoms with E-state index in [0.717, 1.165) is 0 Å². The summed E-state index contributed by atoms with van der Waals surface area (Å²) >= 11 is 5.82. The number of phenols is 1. The molecule has 1 aromatic carbocycles. The van der Waals surface area contributed by atoms with E-state index in [9.17, 15) is 5.11 Å². The molecule has 0 aromatic heterocycles. The molecule has 0 bridgehead atoms. The van der Waals surface area contributed by atoms with Crippen LogP contribution in [0.4, 0.5) is 0 Å². The van der Waals surface area contributed by atoms with Crippen LogP contribution in [-0.4, -0.2) is 30.0 Å². The summed E-state index contributed by atoms with van der Waals surface area (Å²) < 4.78 is 10.7. The average molecular weight is 231 g/mol. The van der Waals surface area contributed by atoms with Gasteiger partial charge in [-0.15, -0.1) is 0 Å². The highest BCUT2D eigenvalue weighted by atomic mass is 35.5. The molecule has 0 spiro atoms. The Morgan fingerprint density at radius 3 is 2.80 bits per heavy atom. The summed E-state index contributed by atoms with van der Waals surface area (Å²) in [4.78, 5) is 0. The fourth-order valence-electron chi connectivity index (χ4n) is 1.55. The number of phenolic OH excluding ortho intramolecular Hbond substituents is 1. The van der Waals surface area contributed by atoms with Gasteiger partial charge < -0.3 is 19.7 Å². The van der Waals surface area contributed by atoms with Gasteiger partial charge in [-0.05, 0) is 0 Å². The van der Waals surface area contributed by atoms with E-state index in [1.54, 1.807) is 0 Å². The first-order chi connectivity index (χ1) is 7.24. The topological polar surface area (TPSA) is 58.9 Å².